The molecule has 1 unspecified atom stereocenters. The number of amides is 3. The lowest BCUT2D eigenvalue weighted by Crippen LogP contribution is -2.57. The summed E-state index contributed by atoms with van der Waals surface area (Å²) in [6.45, 7) is 4.35. The molecule has 4 heterocycles. The van der Waals surface area contributed by atoms with Gasteiger partial charge in [-0.05, 0) is 37.5 Å². The normalized spacial score (nSPS) is 31.6. The van der Waals surface area contributed by atoms with Crippen molar-refractivity contribution in [1.29, 1.82) is 0 Å². The summed E-state index contributed by atoms with van der Waals surface area (Å²) in [5, 5.41) is 11.2. The van der Waals surface area contributed by atoms with Crippen molar-refractivity contribution < 1.29 is 19.5 Å². The number of benzene rings is 2. The third-order valence-corrected chi connectivity index (χ3v) is 11.2. The number of hydrogen-bond acceptors (Lipinski definition) is 5. The number of aryl methyl sites for hydroxylation is 1. The fourth-order valence-corrected chi connectivity index (χ4v) is 9.75. The molecule has 0 saturated carbocycles. The van der Waals surface area contributed by atoms with Crippen LogP contribution in [0.2, 0.25) is 5.02 Å². The van der Waals surface area contributed by atoms with Crippen LogP contribution in [0.3, 0.4) is 0 Å². The Kier molecular flexibility index (Phi) is 7.07. The van der Waals surface area contributed by atoms with Crippen molar-refractivity contribution in [3.05, 3.63) is 89.0 Å². The molecule has 7 nitrogen and oxygen atoms in total. The lowest BCUT2D eigenvalue weighted by molar-refractivity contribution is -0.144. The summed E-state index contributed by atoms with van der Waals surface area (Å²) in [5.41, 5.74) is 2.41. The zero-order chi connectivity index (χ0) is 29.1. The Morgan fingerprint density at radius 3 is 2.41 bits per heavy atom. The number of rotatable bonds is 5. The van der Waals surface area contributed by atoms with E-state index >= 15 is 0 Å². The van der Waals surface area contributed by atoms with Crippen molar-refractivity contribution in [3.8, 4) is 0 Å². The van der Waals surface area contributed by atoms with Gasteiger partial charge in [0.1, 0.15) is 6.04 Å². The van der Waals surface area contributed by atoms with Gasteiger partial charge >= 0.3 is 0 Å². The van der Waals surface area contributed by atoms with Gasteiger partial charge in [0.2, 0.25) is 11.8 Å². The number of carbonyl (C=O) groups excluding carboxylic acids is 3. The summed E-state index contributed by atoms with van der Waals surface area (Å²) >= 11 is 8.20. The highest BCUT2D eigenvalue weighted by Crippen LogP contribution is 2.66. The van der Waals surface area contributed by atoms with Gasteiger partial charge < -0.3 is 19.8 Å². The van der Waals surface area contributed by atoms with Gasteiger partial charge in [0.05, 0.1) is 39.9 Å². The average molecular weight is 592 g/mol. The molecule has 41 heavy (non-hydrogen) atoms. The third-order valence-electron chi connectivity index (χ3n) is 9.07. The van der Waals surface area contributed by atoms with E-state index in [9.17, 15) is 19.5 Å². The molecule has 0 aromatic heterocycles. The molecule has 6 rings (SSSR count). The summed E-state index contributed by atoms with van der Waals surface area (Å²) in [6, 6.07) is 13.6. The summed E-state index contributed by atoms with van der Waals surface area (Å²) in [7, 11) is 1.75. The van der Waals surface area contributed by atoms with Crippen molar-refractivity contribution in [1.82, 2.24) is 9.80 Å². The number of para-hydroxylation sites is 1. The second kappa shape index (κ2) is 10.3. The lowest BCUT2D eigenvalue weighted by atomic mass is 9.74. The number of likely N-dealkylation sites (N-methyl/N-ethyl adjacent to an activating group) is 1. The van der Waals surface area contributed by atoms with Crippen LogP contribution in [0.5, 0.6) is 0 Å². The molecule has 2 aromatic rings. The minimum absolute atomic E-state index is 0.103. The number of aliphatic hydroxyl groups is 1. The second-order valence-corrected chi connectivity index (χ2v) is 13.8. The van der Waals surface area contributed by atoms with E-state index in [2.05, 4.69) is 0 Å². The molecule has 3 amide bonds. The maximum Gasteiger partial charge on any atom is 0.251 e. The number of thioether (sulfide) groups is 1. The van der Waals surface area contributed by atoms with E-state index in [-0.39, 0.29) is 30.9 Å². The summed E-state index contributed by atoms with van der Waals surface area (Å²) in [5.74, 6) is -2.05. The van der Waals surface area contributed by atoms with Gasteiger partial charge in [-0.1, -0.05) is 78.4 Å². The number of hydrogen-bond donors (Lipinski definition) is 1. The molecule has 1 spiro atoms. The van der Waals surface area contributed by atoms with Gasteiger partial charge in [-0.3, -0.25) is 14.4 Å². The summed E-state index contributed by atoms with van der Waals surface area (Å²) in [4.78, 5) is 48.4. The first-order valence-electron chi connectivity index (χ1n) is 14.0. The van der Waals surface area contributed by atoms with Gasteiger partial charge in [0, 0.05) is 24.9 Å². The predicted molar refractivity (Wildman–Crippen MR) is 162 cm³/mol. The highest BCUT2D eigenvalue weighted by Gasteiger charge is 2.74. The largest absolute Gasteiger partial charge is 0.394 e. The molecular weight excluding hydrogens is 558 g/mol. The van der Waals surface area contributed by atoms with E-state index in [1.807, 2.05) is 80.6 Å². The molecule has 4 aliphatic heterocycles. The minimum Gasteiger partial charge on any atom is -0.394 e. The van der Waals surface area contributed by atoms with Crippen molar-refractivity contribution in [2.75, 3.05) is 31.6 Å². The molecule has 4 aliphatic rings. The van der Waals surface area contributed by atoms with Gasteiger partial charge in [0.15, 0.2) is 0 Å². The van der Waals surface area contributed by atoms with Crippen LogP contribution in [0.4, 0.5) is 5.69 Å². The van der Waals surface area contributed by atoms with E-state index in [0.29, 0.717) is 23.7 Å². The van der Waals surface area contributed by atoms with Crippen LogP contribution in [-0.4, -0.2) is 80.9 Å². The third kappa shape index (κ3) is 4.25. The Hall–Kier alpha value is -3.07. The Bertz CT molecular complexity index is 1440. The van der Waals surface area contributed by atoms with Gasteiger partial charge in [-0.15, -0.1) is 11.8 Å². The fraction of sp³-hybridized carbons (Fsp3) is 0.406. The maximum atomic E-state index is 14.8. The summed E-state index contributed by atoms with van der Waals surface area (Å²) in [6.07, 6.45) is 8.33. The van der Waals surface area contributed by atoms with E-state index in [1.54, 1.807) is 27.8 Å². The first-order valence-corrected chi connectivity index (χ1v) is 15.2. The smallest absolute Gasteiger partial charge is 0.251 e. The molecule has 1 N–H and O–H groups in total. The number of likely N-dealkylation sites (tertiary alicyclic amines) is 1. The quantitative estimate of drug-likeness (QED) is 0.534. The standard InChI is InChI=1S/C32H34ClN3O4S/c1-20-10-7-13-23(33)26(20)35-17-9-15-32-25(24-28(38)34(3)16-8-14-31(24,2)41-32)29(39)36(27(32)30(35)40)22(19-37)18-21-11-5-4-6-12-21/h4-15,22,24-25,27,37H,16-19H2,1-3H3/t22-,24+,25+,27?,31-,32+/m1/s1. The number of carbonyl (C=O) groups is 3. The molecule has 214 valence electrons. The van der Waals surface area contributed by atoms with Crippen LogP contribution in [0.15, 0.2) is 72.8 Å². The molecular formula is C32H34ClN3O4S. The molecule has 6 atom stereocenters. The first-order chi connectivity index (χ1) is 19.6. The van der Waals surface area contributed by atoms with E-state index in [4.69, 9.17) is 11.6 Å². The van der Waals surface area contributed by atoms with Crippen molar-refractivity contribution >= 4 is 46.8 Å². The van der Waals surface area contributed by atoms with Gasteiger partial charge in [-0.25, -0.2) is 0 Å². The van der Waals surface area contributed by atoms with E-state index in [1.165, 1.54) is 11.8 Å². The number of aliphatic hydroxyl groups excluding tert-OH is 1. The zero-order valence-corrected chi connectivity index (χ0v) is 24.9. The highest BCUT2D eigenvalue weighted by molar-refractivity contribution is 8.02. The Morgan fingerprint density at radius 2 is 1.71 bits per heavy atom. The SMILES string of the molecule is Cc1cccc(Cl)c1N1CC=C[C@]23S[C@]4(C)C=CCN(C)C(=O)[C@@H]4[C@H]2C(=O)N([C@@H](CO)Cc2ccccc2)C3C1=O. The van der Waals surface area contributed by atoms with Crippen LogP contribution in [0.25, 0.3) is 0 Å². The van der Waals surface area contributed by atoms with E-state index < -0.39 is 33.4 Å². The first kappa shape index (κ1) is 28.1. The number of anilines is 1. The van der Waals surface area contributed by atoms with Crippen LogP contribution in [0.1, 0.15) is 18.1 Å². The summed E-state index contributed by atoms with van der Waals surface area (Å²) < 4.78 is -1.68. The Labute approximate surface area is 249 Å². The maximum absolute atomic E-state index is 14.8. The van der Waals surface area contributed by atoms with Crippen molar-refractivity contribution in [2.45, 2.75) is 41.8 Å². The highest BCUT2D eigenvalue weighted by atomic mass is 35.5. The monoisotopic (exact) mass is 591 g/mol. The van der Waals surface area contributed by atoms with Crippen molar-refractivity contribution in [2.24, 2.45) is 11.8 Å². The zero-order valence-electron chi connectivity index (χ0n) is 23.4. The Balaban J connectivity index is 1.53. The molecule has 0 aliphatic carbocycles. The van der Waals surface area contributed by atoms with Gasteiger partial charge in [-0.2, -0.15) is 0 Å². The van der Waals surface area contributed by atoms with Gasteiger partial charge in [0.25, 0.3) is 5.91 Å². The second-order valence-electron chi connectivity index (χ2n) is 11.6. The Morgan fingerprint density at radius 1 is 0.976 bits per heavy atom. The molecule has 9 heteroatoms. The van der Waals surface area contributed by atoms with Crippen LogP contribution in [0, 0.1) is 18.8 Å². The van der Waals surface area contributed by atoms with Crippen molar-refractivity contribution in [3.63, 3.8) is 0 Å². The molecule has 0 radical (unpaired) electrons. The topological polar surface area (TPSA) is 81.2 Å². The van der Waals surface area contributed by atoms with Crippen LogP contribution < -0.4 is 4.90 Å². The number of nitrogens with zero attached hydrogens (tertiary/aromatic N) is 3. The fourth-order valence-electron chi connectivity index (χ4n) is 7.28. The molecule has 2 aromatic carbocycles. The average Bonchev–Trinajstić information content (AvgIpc) is 3.23. The number of halogens is 1. The molecule has 0 bridgehead atoms. The van der Waals surface area contributed by atoms with Crippen LogP contribution >= 0.6 is 23.4 Å². The molecule has 2 fully saturated rings. The predicted octanol–water partition coefficient (Wildman–Crippen LogP) is 3.87. The minimum atomic E-state index is -1.00. The molecule has 2 saturated heterocycles. The van der Waals surface area contributed by atoms with E-state index in [0.717, 1.165) is 11.1 Å². The lowest BCUT2D eigenvalue weighted by Gasteiger charge is -2.40. The number of fused-ring (bicyclic) bond motifs is 2. The van der Waals surface area contributed by atoms with Crippen LogP contribution in [-0.2, 0) is 20.8 Å².